The molecule has 0 saturated heterocycles. The molecule has 0 atom stereocenters. The Morgan fingerprint density at radius 1 is 1.32 bits per heavy atom. The molecule has 0 fully saturated rings. The van der Waals surface area contributed by atoms with Crippen molar-refractivity contribution >= 4 is 11.8 Å². The maximum absolute atomic E-state index is 4.00. The fraction of sp³-hybridized carbons (Fsp3) is 0.529. The molecule has 0 heterocycles. The average molecular weight is 279 g/mol. The van der Waals surface area contributed by atoms with Crippen molar-refractivity contribution in [1.29, 1.82) is 0 Å². The van der Waals surface area contributed by atoms with Crippen molar-refractivity contribution < 1.29 is 0 Å². The van der Waals surface area contributed by atoms with Crippen molar-refractivity contribution in [3.63, 3.8) is 0 Å². The molecule has 0 aliphatic heterocycles. The van der Waals surface area contributed by atoms with E-state index in [0.717, 1.165) is 18.0 Å². The van der Waals surface area contributed by atoms with E-state index in [9.17, 15) is 0 Å². The zero-order chi connectivity index (χ0) is 14.7. The van der Waals surface area contributed by atoms with Gasteiger partial charge in [0.25, 0.3) is 0 Å². The third-order valence-corrected chi connectivity index (χ3v) is 3.43. The largest absolute Gasteiger partial charge is 0.384 e. The van der Waals surface area contributed by atoms with Gasteiger partial charge in [0, 0.05) is 18.0 Å². The number of thioether (sulfide) groups is 1. The summed E-state index contributed by atoms with van der Waals surface area (Å²) in [4.78, 5) is 0. The number of nitrogens with one attached hydrogen (secondary N) is 1. The van der Waals surface area contributed by atoms with Gasteiger partial charge in [-0.3, -0.25) is 0 Å². The summed E-state index contributed by atoms with van der Waals surface area (Å²) < 4.78 is 0. The number of hydrogen-bond acceptors (Lipinski definition) is 2. The fourth-order valence-electron chi connectivity index (χ4n) is 1.83. The van der Waals surface area contributed by atoms with Gasteiger partial charge >= 0.3 is 0 Å². The Morgan fingerprint density at radius 2 is 2.00 bits per heavy atom. The van der Waals surface area contributed by atoms with Crippen LogP contribution in [0.1, 0.15) is 43.9 Å². The van der Waals surface area contributed by atoms with Crippen LogP contribution in [0.15, 0.2) is 30.5 Å². The monoisotopic (exact) mass is 279 g/mol. The molecular formula is C17H29NS. The van der Waals surface area contributed by atoms with Crippen molar-refractivity contribution in [2.24, 2.45) is 0 Å². The van der Waals surface area contributed by atoms with Gasteiger partial charge in [-0.2, -0.15) is 11.8 Å². The van der Waals surface area contributed by atoms with Crippen LogP contribution >= 0.6 is 11.8 Å². The zero-order valence-corrected chi connectivity index (χ0v) is 14.0. The molecule has 0 spiro atoms. The maximum Gasteiger partial charge on any atom is 0.0397 e. The van der Waals surface area contributed by atoms with Crippen molar-refractivity contribution in [2.45, 2.75) is 47.1 Å². The molecule has 1 nitrogen and oxygen atoms in total. The zero-order valence-electron chi connectivity index (χ0n) is 13.2. The summed E-state index contributed by atoms with van der Waals surface area (Å²) >= 11 is 1.80. The van der Waals surface area contributed by atoms with Gasteiger partial charge in [0.2, 0.25) is 0 Å². The second-order valence-corrected chi connectivity index (χ2v) is 5.27. The highest BCUT2D eigenvalue weighted by molar-refractivity contribution is 7.98. The predicted molar refractivity (Wildman–Crippen MR) is 90.9 cm³/mol. The molecule has 0 aromatic heterocycles. The molecule has 1 N–H and O–H groups in total. The summed E-state index contributed by atoms with van der Waals surface area (Å²) in [5.74, 6) is 0.980. The van der Waals surface area contributed by atoms with Crippen LogP contribution in [0.3, 0.4) is 0 Å². The van der Waals surface area contributed by atoms with E-state index in [4.69, 9.17) is 0 Å². The highest BCUT2D eigenvalue weighted by Gasteiger charge is 2.00. The lowest BCUT2D eigenvalue weighted by molar-refractivity contribution is 0.813. The third-order valence-electron chi connectivity index (χ3n) is 2.79. The lowest BCUT2D eigenvalue weighted by Gasteiger charge is -2.11. The quantitative estimate of drug-likeness (QED) is 0.758. The van der Waals surface area contributed by atoms with E-state index >= 15 is 0 Å². The highest BCUT2D eigenvalue weighted by atomic mass is 32.2. The topological polar surface area (TPSA) is 12.0 Å². The van der Waals surface area contributed by atoms with E-state index in [1.54, 1.807) is 11.8 Å². The first-order chi connectivity index (χ1) is 9.17. The van der Waals surface area contributed by atoms with Gasteiger partial charge in [-0.05, 0) is 36.3 Å². The van der Waals surface area contributed by atoms with Gasteiger partial charge in [-0.25, -0.2) is 0 Å². The minimum atomic E-state index is 0.885. The Balaban J connectivity index is 0.00000154. The summed E-state index contributed by atoms with van der Waals surface area (Å²) in [6.45, 7) is 13.3. The van der Waals surface area contributed by atoms with Crippen molar-refractivity contribution in [2.75, 3.05) is 12.0 Å². The second-order valence-electron chi connectivity index (χ2n) is 4.40. The summed E-state index contributed by atoms with van der Waals surface area (Å²) in [7, 11) is 0. The van der Waals surface area contributed by atoms with Gasteiger partial charge < -0.3 is 5.32 Å². The molecule has 108 valence electrons. The molecule has 19 heavy (non-hydrogen) atoms. The van der Waals surface area contributed by atoms with Crippen molar-refractivity contribution in [3.05, 3.63) is 47.2 Å². The second kappa shape index (κ2) is 11.0. The molecule has 0 unspecified atom stereocenters. The fourth-order valence-corrected chi connectivity index (χ4v) is 2.28. The van der Waals surface area contributed by atoms with Crippen LogP contribution in [0.2, 0.25) is 0 Å². The molecule has 0 bridgehead atoms. The Bertz CT molecular complexity index is 372. The molecule has 1 aromatic rings. The number of benzene rings is 1. The SMILES string of the molecule is C=C(CSC)NCc1ccc(C)c(CCC)c1.CC. The van der Waals surface area contributed by atoms with E-state index in [2.05, 4.69) is 50.2 Å². The molecule has 0 radical (unpaired) electrons. The first-order valence-electron chi connectivity index (χ1n) is 7.16. The first-order valence-corrected chi connectivity index (χ1v) is 8.55. The Labute approximate surface area is 123 Å². The van der Waals surface area contributed by atoms with Crippen LogP contribution in [0.5, 0.6) is 0 Å². The summed E-state index contributed by atoms with van der Waals surface area (Å²) in [6.07, 6.45) is 4.47. The Hall–Kier alpha value is -0.890. The summed E-state index contributed by atoms with van der Waals surface area (Å²) in [6, 6.07) is 6.74. The van der Waals surface area contributed by atoms with Gasteiger partial charge in [-0.1, -0.05) is 52.0 Å². The molecule has 1 aromatic carbocycles. The molecular weight excluding hydrogens is 250 g/mol. The predicted octanol–water partition coefficient (Wildman–Crippen LogP) is 4.94. The average Bonchev–Trinajstić information content (AvgIpc) is 2.42. The van der Waals surface area contributed by atoms with Gasteiger partial charge in [-0.15, -0.1) is 0 Å². The van der Waals surface area contributed by atoms with Crippen LogP contribution in [0.4, 0.5) is 0 Å². The number of hydrogen-bond donors (Lipinski definition) is 1. The molecule has 0 amide bonds. The van der Waals surface area contributed by atoms with Crippen molar-refractivity contribution in [1.82, 2.24) is 5.32 Å². The van der Waals surface area contributed by atoms with E-state index < -0.39 is 0 Å². The Kier molecular flexibility index (Phi) is 10.5. The molecule has 0 aliphatic rings. The van der Waals surface area contributed by atoms with E-state index in [-0.39, 0.29) is 0 Å². The molecule has 0 aliphatic carbocycles. The smallest absolute Gasteiger partial charge is 0.0397 e. The maximum atomic E-state index is 4.00. The lowest BCUT2D eigenvalue weighted by atomic mass is 10.0. The van der Waals surface area contributed by atoms with Crippen LogP contribution in [0, 0.1) is 6.92 Å². The van der Waals surface area contributed by atoms with E-state index in [1.165, 1.54) is 29.5 Å². The molecule has 1 rings (SSSR count). The first kappa shape index (κ1) is 18.1. The van der Waals surface area contributed by atoms with Crippen LogP contribution in [-0.2, 0) is 13.0 Å². The van der Waals surface area contributed by atoms with Crippen molar-refractivity contribution in [3.8, 4) is 0 Å². The van der Waals surface area contributed by atoms with Gasteiger partial charge in [0.15, 0.2) is 0 Å². The summed E-state index contributed by atoms with van der Waals surface area (Å²) in [5, 5.41) is 3.37. The molecule has 2 heteroatoms. The Morgan fingerprint density at radius 3 is 2.58 bits per heavy atom. The molecule has 0 saturated carbocycles. The minimum Gasteiger partial charge on any atom is -0.384 e. The van der Waals surface area contributed by atoms with E-state index in [0.29, 0.717) is 0 Å². The van der Waals surface area contributed by atoms with Gasteiger partial charge in [0.05, 0.1) is 0 Å². The lowest BCUT2D eigenvalue weighted by Crippen LogP contribution is -2.13. The highest BCUT2D eigenvalue weighted by Crippen LogP contribution is 2.13. The van der Waals surface area contributed by atoms with Crippen LogP contribution in [0.25, 0.3) is 0 Å². The third kappa shape index (κ3) is 7.31. The summed E-state index contributed by atoms with van der Waals surface area (Å²) in [5.41, 5.74) is 5.33. The standard InChI is InChI=1S/C15H23NS.C2H6/c1-5-6-15-9-14(8-7-12(15)2)10-16-13(3)11-17-4;1-2/h7-9,16H,3,5-6,10-11H2,1-2,4H3;1-2H3. The van der Waals surface area contributed by atoms with Crippen LogP contribution < -0.4 is 5.32 Å². The number of rotatable bonds is 7. The minimum absolute atomic E-state index is 0.885. The number of aryl methyl sites for hydroxylation is 2. The normalized spacial score (nSPS) is 9.53. The van der Waals surface area contributed by atoms with E-state index in [1.807, 2.05) is 13.8 Å². The van der Waals surface area contributed by atoms with Gasteiger partial charge in [0.1, 0.15) is 0 Å². The van der Waals surface area contributed by atoms with Crippen LogP contribution in [-0.4, -0.2) is 12.0 Å².